The molecule has 3 rings (SSSR count). The third-order valence-corrected chi connectivity index (χ3v) is 3.29. The zero-order valence-electron chi connectivity index (χ0n) is 10.7. The van der Waals surface area contributed by atoms with Gasteiger partial charge >= 0.3 is 0 Å². The van der Waals surface area contributed by atoms with Crippen LogP contribution in [-0.2, 0) is 0 Å². The van der Waals surface area contributed by atoms with E-state index in [9.17, 15) is 14.9 Å². The molecule has 1 aliphatic heterocycles. The molecule has 1 aliphatic rings. The van der Waals surface area contributed by atoms with Crippen LogP contribution in [0.3, 0.4) is 0 Å². The fourth-order valence-corrected chi connectivity index (χ4v) is 2.24. The van der Waals surface area contributed by atoms with Gasteiger partial charge in [-0.15, -0.1) is 0 Å². The quantitative estimate of drug-likeness (QED) is 0.620. The number of fused-ring (bicyclic) bond motifs is 1. The molecule has 0 fully saturated rings. The number of carbonyl (C=O) groups is 1. The van der Waals surface area contributed by atoms with Gasteiger partial charge in [-0.2, -0.15) is 0 Å². The molecule has 0 amide bonds. The summed E-state index contributed by atoms with van der Waals surface area (Å²) in [4.78, 5) is 22.4. The average Bonchev–Trinajstić information content (AvgIpc) is 2.75. The Morgan fingerprint density at radius 3 is 2.50 bits per heavy atom. The smallest absolute Gasteiger partial charge is 0.269 e. The molecule has 0 aromatic heterocycles. The normalized spacial score (nSPS) is 16.6. The van der Waals surface area contributed by atoms with Crippen molar-refractivity contribution in [1.29, 1.82) is 0 Å². The Balaban J connectivity index is 1.93. The summed E-state index contributed by atoms with van der Waals surface area (Å²) in [5, 5.41) is 10.6. The third-order valence-electron chi connectivity index (χ3n) is 3.29. The number of benzene rings is 2. The van der Waals surface area contributed by atoms with Crippen molar-refractivity contribution >= 4 is 11.5 Å². The Kier molecular flexibility index (Phi) is 2.75. The predicted molar refractivity (Wildman–Crippen MR) is 72.0 cm³/mol. The molecule has 0 aliphatic carbocycles. The minimum Gasteiger partial charge on any atom is -0.477 e. The summed E-state index contributed by atoms with van der Waals surface area (Å²) < 4.78 is 5.67. The van der Waals surface area contributed by atoms with E-state index in [1.807, 2.05) is 19.1 Å². The van der Waals surface area contributed by atoms with Crippen molar-refractivity contribution in [3.63, 3.8) is 0 Å². The summed E-state index contributed by atoms with van der Waals surface area (Å²) in [5.74, 6) is 0.451. The molecule has 100 valence electrons. The summed E-state index contributed by atoms with van der Waals surface area (Å²) in [6, 6.07) is 11.3. The molecule has 0 saturated carbocycles. The molecule has 1 heterocycles. The molecular weight excluding hydrogens is 258 g/mol. The highest BCUT2D eigenvalue weighted by Gasteiger charge is 2.33. The van der Waals surface area contributed by atoms with Crippen molar-refractivity contribution in [1.82, 2.24) is 0 Å². The van der Waals surface area contributed by atoms with Crippen LogP contribution in [0.15, 0.2) is 42.5 Å². The predicted octanol–water partition coefficient (Wildman–Crippen LogP) is 3.22. The number of nitro groups is 1. The number of hydrogen-bond acceptors (Lipinski definition) is 4. The Labute approximate surface area is 115 Å². The topological polar surface area (TPSA) is 69.4 Å². The summed E-state index contributed by atoms with van der Waals surface area (Å²) in [7, 11) is 0. The third kappa shape index (κ3) is 1.93. The van der Waals surface area contributed by atoms with Crippen LogP contribution >= 0.6 is 0 Å². The zero-order valence-corrected chi connectivity index (χ0v) is 10.7. The van der Waals surface area contributed by atoms with Crippen LogP contribution in [-0.4, -0.2) is 10.7 Å². The van der Waals surface area contributed by atoms with E-state index in [0.29, 0.717) is 16.9 Å². The first-order valence-electron chi connectivity index (χ1n) is 6.12. The van der Waals surface area contributed by atoms with E-state index in [4.69, 9.17) is 4.74 Å². The minimum atomic E-state index is -0.715. The number of ether oxygens (including phenoxy) is 1. The molecule has 2 aromatic carbocycles. The van der Waals surface area contributed by atoms with Gasteiger partial charge in [0.15, 0.2) is 6.10 Å². The van der Waals surface area contributed by atoms with Crippen molar-refractivity contribution in [2.24, 2.45) is 0 Å². The number of aryl methyl sites for hydroxylation is 1. The second-order valence-corrected chi connectivity index (χ2v) is 4.71. The van der Waals surface area contributed by atoms with Crippen molar-refractivity contribution in [2.45, 2.75) is 13.0 Å². The number of Topliss-reactive ketones (excluding diaryl/α,β-unsaturated/α-hetero) is 1. The number of carbonyl (C=O) groups excluding carboxylic acids is 1. The number of hydrogen-bond donors (Lipinski definition) is 0. The molecule has 0 N–H and O–H groups in total. The fourth-order valence-electron chi connectivity index (χ4n) is 2.24. The number of ketones is 1. The van der Waals surface area contributed by atoms with E-state index in [-0.39, 0.29) is 11.5 Å². The first-order chi connectivity index (χ1) is 9.56. The summed E-state index contributed by atoms with van der Waals surface area (Å²) >= 11 is 0. The molecule has 1 unspecified atom stereocenters. The number of rotatable bonds is 2. The molecule has 5 heteroatoms. The number of non-ortho nitro benzene ring substituents is 1. The van der Waals surface area contributed by atoms with Gasteiger partial charge in [0, 0.05) is 17.7 Å². The summed E-state index contributed by atoms with van der Waals surface area (Å²) in [5.41, 5.74) is 2.18. The van der Waals surface area contributed by atoms with Crippen LogP contribution < -0.4 is 4.74 Å². The maximum atomic E-state index is 12.3. The van der Waals surface area contributed by atoms with Gasteiger partial charge in [-0.05, 0) is 36.8 Å². The summed E-state index contributed by atoms with van der Waals surface area (Å²) in [6.07, 6.45) is -0.715. The number of nitro benzene ring substituents is 1. The Bertz CT molecular complexity index is 706. The van der Waals surface area contributed by atoms with Crippen LogP contribution in [0.4, 0.5) is 5.69 Å². The lowest BCUT2D eigenvalue weighted by molar-refractivity contribution is -0.384. The molecule has 20 heavy (non-hydrogen) atoms. The average molecular weight is 269 g/mol. The molecule has 0 spiro atoms. The Morgan fingerprint density at radius 1 is 1.15 bits per heavy atom. The molecule has 2 aromatic rings. The van der Waals surface area contributed by atoms with Crippen molar-refractivity contribution < 1.29 is 14.5 Å². The van der Waals surface area contributed by atoms with E-state index in [2.05, 4.69) is 0 Å². The van der Waals surface area contributed by atoms with Crippen LogP contribution in [0, 0.1) is 17.0 Å². The van der Waals surface area contributed by atoms with Crippen molar-refractivity contribution in [3.8, 4) is 5.75 Å². The second kappa shape index (κ2) is 4.45. The highest BCUT2D eigenvalue weighted by atomic mass is 16.6. The van der Waals surface area contributed by atoms with E-state index in [0.717, 1.165) is 5.56 Å². The SMILES string of the molecule is Cc1ccc2c(c1)OC(c1ccc([N+](=O)[O-])cc1)C2=O. The molecule has 0 saturated heterocycles. The highest BCUT2D eigenvalue weighted by molar-refractivity contribution is 6.05. The lowest BCUT2D eigenvalue weighted by atomic mass is 10.0. The molecule has 0 bridgehead atoms. The van der Waals surface area contributed by atoms with Gasteiger partial charge < -0.3 is 4.74 Å². The van der Waals surface area contributed by atoms with Crippen LogP contribution in [0.5, 0.6) is 5.75 Å². The monoisotopic (exact) mass is 269 g/mol. The zero-order chi connectivity index (χ0) is 14.3. The largest absolute Gasteiger partial charge is 0.477 e. The first kappa shape index (κ1) is 12.3. The van der Waals surface area contributed by atoms with Gasteiger partial charge in [0.05, 0.1) is 10.5 Å². The molecule has 0 radical (unpaired) electrons. The van der Waals surface area contributed by atoms with Gasteiger partial charge in [0.25, 0.3) is 5.69 Å². The second-order valence-electron chi connectivity index (χ2n) is 4.71. The van der Waals surface area contributed by atoms with Gasteiger partial charge in [-0.25, -0.2) is 0 Å². The molecular formula is C15H11NO4. The standard InChI is InChI=1S/C15H11NO4/c1-9-2-7-12-13(8-9)20-15(14(12)17)10-3-5-11(6-4-10)16(18)19/h2-8,15H,1H3. The van der Waals surface area contributed by atoms with Gasteiger partial charge in [0.2, 0.25) is 5.78 Å². The van der Waals surface area contributed by atoms with Gasteiger partial charge in [0.1, 0.15) is 5.75 Å². The minimum absolute atomic E-state index is 0.00689. The van der Waals surface area contributed by atoms with Gasteiger partial charge in [-0.3, -0.25) is 14.9 Å². The van der Waals surface area contributed by atoms with Crippen LogP contribution in [0.25, 0.3) is 0 Å². The fraction of sp³-hybridized carbons (Fsp3) is 0.133. The van der Waals surface area contributed by atoms with Crippen LogP contribution in [0.1, 0.15) is 27.6 Å². The van der Waals surface area contributed by atoms with E-state index in [1.165, 1.54) is 12.1 Å². The summed E-state index contributed by atoms with van der Waals surface area (Å²) in [6.45, 7) is 1.92. The molecule has 1 atom stereocenters. The Morgan fingerprint density at radius 2 is 1.85 bits per heavy atom. The van der Waals surface area contributed by atoms with E-state index >= 15 is 0 Å². The maximum absolute atomic E-state index is 12.3. The maximum Gasteiger partial charge on any atom is 0.269 e. The molecule has 5 nitrogen and oxygen atoms in total. The van der Waals surface area contributed by atoms with Gasteiger partial charge in [-0.1, -0.05) is 6.07 Å². The van der Waals surface area contributed by atoms with Crippen molar-refractivity contribution in [2.75, 3.05) is 0 Å². The highest BCUT2D eigenvalue weighted by Crippen LogP contribution is 2.37. The van der Waals surface area contributed by atoms with Crippen molar-refractivity contribution in [3.05, 3.63) is 69.3 Å². The van der Waals surface area contributed by atoms with E-state index < -0.39 is 11.0 Å². The Hall–Kier alpha value is -2.69. The van der Waals surface area contributed by atoms with Crippen LogP contribution in [0.2, 0.25) is 0 Å². The van der Waals surface area contributed by atoms with E-state index in [1.54, 1.807) is 18.2 Å². The lowest BCUT2D eigenvalue weighted by Crippen LogP contribution is -2.10. The number of nitrogens with zero attached hydrogens (tertiary/aromatic N) is 1. The first-order valence-corrected chi connectivity index (χ1v) is 6.12. The lowest BCUT2D eigenvalue weighted by Gasteiger charge is -2.09.